The molecule has 0 aromatic heterocycles. The number of hydrogen-bond acceptors (Lipinski definition) is 2. The van der Waals surface area contributed by atoms with Crippen molar-refractivity contribution in [2.45, 2.75) is 32.7 Å². The third kappa shape index (κ3) is 2.41. The zero-order chi connectivity index (χ0) is 10.7. The minimum atomic E-state index is -2.45. The van der Waals surface area contributed by atoms with Crippen LogP contribution in [-0.2, 0) is 4.79 Å². The number of alkyl halides is 2. The molecule has 2 unspecified atom stereocenters. The lowest BCUT2D eigenvalue weighted by Gasteiger charge is -2.17. The number of rotatable bonds is 4. The zero-order valence-electron chi connectivity index (χ0n) is 8.46. The van der Waals surface area contributed by atoms with Gasteiger partial charge in [-0.3, -0.25) is 10.1 Å². The molecule has 14 heavy (non-hydrogen) atoms. The number of carbonyl (C=O) groups is 1. The second-order valence-electron chi connectivity index (χ2n) is 3.68. The molecule has 1 aliphatic rings. The van der Waals surface area contributed by atoms with Gasteiger partial charge in [0.1, 0.15) is 0 Å². The van der Waals surface area contributed by atoms with Gasteiger partial charge in [-0.2, -0.15) is 0 Å². The fourth-order valence-corrected chi connectivity index (χ4v) is 1.57. The summed E-state index contributed by atoms with van der Waals surface area (Å²) >= 11 is 0. The molecule has 0 aromatic carbocycles. The molecule has 1 heterocycles. The Morgan fingerprint density at radius 2 is 2.29 bits per heavy atom. The molecule has 2 atom stereocenters. The largest absolute Gasteiger partial charge is 0.323 e. The van der Waals surface area contributed by atoms with Crippen molar-refractivity contribution in [2.24, 2.45) is 5.92 Å². The van der Waals surface area contributed by atoms with Crippen molar-refractivity contribution in [1.82, 2.24) is 10.2 Å². The Balaban J connectivity index is 2.51. The van der Waals surface area contributed by atoms with E-state index in [1.54, 1.807) is 0 Å². The van der Waals surface area contributed by atoms with Crippen molar-refractivity contribution in [1.29, 1.82) is 0 Å². The van der Waals surface area contributed by atoms with E-state index >= 15 is 0 Å². The second kappa shape index (κ2) is 4.68. The summed E-state index contributed by atoms with van der Waals surface area (Å²) in [5, 5.41) is 2.96. The predicted molar refractivity (Wildman–Crippen MR) is 49.0 cm³/mol. The van der Waals surface area contributed by atoms with Gasteiger partial charge in [-0.15, -0.1) is 0 Å². The third-order valence-corrected chi connectivity index (χ3v) is 2.65. The van der Waals surface area contributed by atoms with Crippen LogP contribution in [0.3, 0.4) is 0 Å². The highest BCUT2D eigenvalue weighted by molar-refractivity contribution is 5.84. The molecular weight excluding hydrogens is 190 g/mol. The smallest absolute Gasteiger partial charge is 0.255 e. The fraction of sp³-hybridized carbons (Fsp3) is 0.889. The predicted octanol–water partition coefficient (Wildman–Crippen LogP) is 1.06. The SMILES string of the molecule is CCC(C)C1NCN(CC(F)F)C1=O. The van der Waals surface area contributed by atoms with Crippen LogP contribution < -0.4 is 5.32 Å². The number of hydrogen-bond donors (Lipinski definition) is 1. The molecule has 0 bridgehead atoms. The Hall–Kier alpha value is -0.710. The molecule has 82 valence electrons. The van der Waals surface area contributed by atoms with E-state index in [0.29, 0.717) is 0 Å². The number of amides is 1. The first-order valence-electron chi connectivity index (χ1n) is 4.86. The fourth-order valence-electron chi connectivity index (χ4n) is 1.57. The highest BCUT2D eigenvalue weighted by atomic mass is 19.3. The monoisotopic (exact) mass is 206 g/mol. The Labute approximate surface area is 82.5 Å². The van der Waals surface area contributed by atoms with Gasteiger partial charge in [-0.05, 0) is 5.92 Å². The van der Waals surface area contributed by atoms with Crippen LogP contribution in [0.4, 0.5) is 8.78 Å². The molecule has 5 heteroatoms. The topological polar surface area (TPSA) is 32.3 Å². The maximum Gasteiger partial charge on any atom is 0.255 e. The molecule has 1 saturated heterocycles. The molecule has 0 spiro atoms. The van der Waals surface area contributed by atoms with Gasteiger partial charge in [0.25, 0.3) is 6.43 Å². The van der Waals surface area contributed by atoms with Crippen molar-refractivity contribution in [3.63, 3.8) is 0 Å². The zero-order valence-corrected chi connectivity index (χ0v) is 8.46. The van der Waals surface area contributed by atoms with Crippen LogP contribution in [0.1, 0.15) is 20.3 Å². The summed E-state index contributed by atoms with van der Waals surface area (Å²) in [7, 11) is 0. The first kappa shape index (κ1) is 11.4. The van der Waals surface area contributed by atoms with Crippen molar-refractivity contribution >= 4 is 5.91 Å². The summed E-state index contributed by atoms with van der Waals surface area (Å²) in [6.45, 7) is 3.72. The number of halogens is 2. The van der Waals surface area contributed by atoms with Gasteiger partial charge in [-0.1, -0.05) is 20.3 Å². The van der Waals surface area contributed by atoms with Crippen molar-refractivity contribution in [2.75, 3.05) is 13.2 Å². The molecule has 1 aliphatic heterocycles. The number of nitrogens with one attached hydrogen (secondary N) is 1. The molecule has 0 aliphatic carbocycles. The van der Waals surface area contributed by atoms with Crippen LogP contribution in [0, 0.1) is 5.92 Å². The quantitative estimate of drug-likeness (QED) is 0.745. The maximum absolute atomic E-state index is 12.0. The maximum atomic E-state index is 12.0. The normalized spacial score (nSPS) is 24.8. The summed E-state index contributed by atoms with van der Waals surface area (Å²) in [5.74, 6) is 0.00447. The van der Waals surface area contributed by atoms with Gasteiger partial charge in [0.2, 0.25) is 5.91 Å². The van der Waals surface area contributed by atoms with E-state index in [9.17, 15) is 13.6 Å². The van der Waals surface area contributed by atoms with Crippen molar-refractivity contribution < 1.29 is 13.6 Å². The average Bonchev–Trinajstić information content (AvgIpc) is 2.46. The van der Waals surface area contributed by atoms with E-state index in [2.05, 4.69) is 5.32 Å². The highest BCUT2D eigenvalue weighted by Gasteiger charge is 2.35. The van der Waals surface area contributed by atoms with Crippen LogP contribution in [0.2, 0.25) is 0 Å². The Bertz CT molecular complexity index is 211. The summed E-state index contributed by atoms with van der Waals surface area (Å²) in [4.78, 5) is 12.8. The van der Waals surface area contributed by atoms with Gasteiger partial charge in [0, 0.05) is 0 Å². The van der Waals surface area contributed by atoms with Gasteiger partial charge in [0.15, 0.2) is 0 Å². The van der Waals surface area contributed by atoms with E-state index < -0.39 is 13.0 Å². The molecule has 1 rings (SSSR count). The van der Waals surface area contributed by atoms with Crippen LogP contribution in [0.15, 0.2) is 0 Å². The Kier molecular flexibility index (Phi) is 3.80. The minimum Gasteiger partial charge on any atom is -0.323 e. The van der Waals surface area contributed by atoms with Crippen LogP contribution in [0.25, 0.3) is 0 Å². The Morgan fingerprint density at radius 1 is 1.64 bits per heavy atom. The highest BCUT2D eigenvalue weighted by Crippen LogP contribution is 2.15. The number of carbonyl (C=O) groups excluding carboxylic acids is 1. The molecule has 1 fully saturated rings. The van der Waals surface area contributed by atoms with Crippen molar-refractivity contribution in [3.8, 4) is 0 Å². The van der Waals surface area contributed by atoms with Gasteiger partial charge in [0.05, 0.1) is 19.3 Å². The standard InChI is InChI=1S/C9H16F2N2O/c1-3-6(2)8-9(14)13(5-12-8)4-7(10)11/h6-8,12H,3-5H2,1-2H3. The van der Waals surface area contributed by atoms with E-state index in [-0.39, 0.29) is 24.5 Å². The van der Waals surface area contributed by atoms with E-state index in [0.717, 1.165) is 6.42 Å². The molecule has 0 radical (unpaired) electrons. The molecular formula is C9H16F2N2O. The molecule has 0 aromatic rings. The average molecular weight is 206 g/mol. The summed E-state index contributed by atoms with van der Waals surface area (Å²) in [5.41, 5.74) is 0. The van der Waals surface area contributed by atoms with E-state index in [4.69, 9.17) is 0 Å². The first-order chi connectivity index (χ1) is 6.56. The summed E-state index contributed by atoms with van der Waals surface area (Å²) < 4.78 is 24.1. The van der Waals surface area contributed by atoms with Gasteiger partial charge in [-0.25, -0.2) is 8.78 Å². The van der Waals surface area contributed by atoms with Gasteiger partial charge < -0.3 is 4.90 Å². The minimum absolute atomic E-state index is 0.195. The lowest BCUT2D eigenvalue weighted by atomic mass is 9.99. The second-order valence-corrected chi connectivity index (χ2v) is 3.68. The number of nitrogens with zero attached hydrogens (tertiary/aromatic N) is 1. The van der Waals surface area contributed by atoms with Gasteiger partial charge >= 0.3 is 0 Å². The summed E-state index contributed by atoms with van der Waals surface area (Å²) in [6, 6.07) is -0.279. The van der Waals surface area contributed by atoms with Crippen LogP contribution in [0.5, 0.6) is 0 Å². The lowest BCUT2D eigenvalue weighted by molar-refractivity contribution is -0.131. The Morgan fingerprint density at radius 3 is 2.79 bits per heavy atom. The molecule has 1 N–H and O–H groups in total. The van der Waals surface area contributed by atoms with Crippen molar-refractivity contribution in [3.05, 3.63) is 0 Å². The third-order valence-electron chi connectivity index (χ3n) is 2.65. The van der Waals surface area contributed by atoms with E-state index in [1.807, 2.05) is 13.8 Å². The first-order valence-corrected chi connectivity index (χ1v) is 4.86. The van der Waals surface area contributed by atoms with Crippen LogP contribution in [-0.4, -0.2) is 36.5 Å². The van der Waals surface area contributed by atoms with Crippen LogP contribution >= 0.6 is 0 Å². The summed E-state index contributed by atoms with van der Waals surface area (Å²) in [6.07, 6.45) is -1.58. The molecule has 0 saturated carbocycles. The molecule has 1 amide bonds. The molecule has 3 nitrogen and oxygen atoms in total. The van der Waals surface area contributed by atoms with E-state index in [1.165, 1.54) is 4.90 Å². The lowest BCUT2D eigenvalue weighted by Crippen LogP contribution is -2.37.